The van der Waals surface area contributed by atoms with Crippen LogP contribution in [0.25, 0.3) is 11.6 Å². The summed E-state index contributed by atoms with van der Waals surface area (Å²) < 4.78 is 7.49. The van der Waals surface area contributed by atoms with Gasteiger partial charge >= 0.3 is 0 Å². The minimum absolute atomic E-state index is 0.105. The van der Waals surface area contributed by atoms with Crippen LogP contribution in [0, 0.1) is 0 Å². The molecule has 4 aromatic rings. The third kappa shape index (κ3) is 5.18. The maximum absolute atomic E-state index is 12.6. The van der Waals surface area contributed by atoms with Crippen LogP contribution in [0.5, 0.6) is 0 Å². The molecule has 0 aliphatic heterocycles. The largest absolute Gasteiger partial charge is 0.461 e. The van der Waals surface area contributed by atoms with Crippen LogP contribution in [0.2, 0.25) is 5.02 Å². The molecule has 0 bridgehead atoms. The molecule has 1 atom stereocenters. The molecule has 8 heteroatoms. The molecule has 0 saturated heterocycles. The molecule has 2 aromatic heterocycles. The van der Waals surface area contributed by atoms with Gasteiger partial charge in [0.05, 0.1) is 24.6 Å². The van der Waals surface area contributed by atoms with E-state index in [1.165, 1.54) is 11.8 Å². The predicted octanol–water partition coefficient (Wildman–Crippen LogP) is 5.21. The first-order valence-electron chi connectivity index (χ1n) is 9.79. The average molecular weight is 453 g/mol. The predicted molar refractivity (Wildman–Crippen MR) is 122 cm³/mol. The minimum atomic E-state index is -0.192. The van der Waals surface area contributed by atoms with E-state index in [1.54, 1.807) is 6.26 Å². The van der Waals surface area contributed by atoms with Crippen molar-refractivity contribution in [1.29, 1.82) is 0 Å². The number of carbonyl (C=O) groups is 1. The van der Waals surface area contributed by atoms with Crippen LogP contribution in [0.4, 0.5) is 0 Å². The molecule has 2 aromatic carbocycles. The Kier molecular flexibility index (Phi) is 6.74. The maximum Gasteiger partial charge on any atom is 0.230 e. The molecule has 0 saturated carbocycles. The number of nitrogens with zero attached hydrogens (tertiary/aromatic N) is 3. The number of thioether (sulfide) groups is 1. The summed E-state index contributed by atoms with van der Waals surface area (Å²) in [7, 11) is 0. The van der Waals surface area contributed by atoms with Gasteiger partial charge in [-0.1, -0.05) is 71.9 Å². The number of carbonyl (C=O) groups excluding carboxylic acids is 1. The Balaban J connectivity index is 1.48. The number of amides is 1. The van der Waals surface area contributed by atoms with Gasteiger partial charge in [0.1, 0.15) is 0 Å². The van der Waals surface area contributed by atoms with Gasteiger partial charge in [-0.2, -0.15) is 0 Å². The first kappa shape index (κ1) is 21.2. The van der Waals surface area contributed by atoms with Gasteiger partial charge in [-0.15, -0.1) is 10.2 Å². The second-order valence-corrected chi connectivity index (χ2v) is 8.30. The lowest BCUT2D eigenvalue weighted by Crippen LogP contribution is -2.28. The summed E-state index contributed by atoms with van der Waals surface area (Å²) in [4.78, 5) is 12.6. The summed E-state index contributed by atoms with van der Waals surface area (Å²) in [6.45, 7) is 2.49. The second kappa shape index (κ2) is 9.85. The molecule has 1 unspecified atom stereocenters. The lowest BCUT2D eigenvalue weighted by molar-refractivity contribution is -0.119. The number of benzene rings is 2. The smallest absolute Gasteiger partial charge is 0.230 e. The van der Waals surface area contributed by atoms with Crippen molar-refractivity contribution in [3.05, 3.63) is 89.1 Å². The quantitative estimate of drug-likeness (QED) is 0.371. The molecule has 158 valence electrons. The van der Waals surface area contributed by atoms with E-state index in [2.05, 4.69) is 15.5 Å². The van der Waals surface area contributed by atoms with Crippen LogP contribution in [0.1, 0.15) is 24.1 Å². The van der Waals surface area contributed by atoms with Gasteiger partial charge in [0.25, 0.3) is 0 Å². The molecule has 31 heavy (non-hydrogen) atoms. The van der Waals surface area contributed by atoms with E-state index >= 15 is 0 Å². The average Bonchev–Trinajstić information content (AvgIpc) is 3.43. The first-order valence-corrected chi connectivity index (χ1v) is 11.2. The molecule has 1 amide bonds. The monoisotopic (exact) mass is 452 g/mol. The number of hydrogen-bond donors (Lipinski definition) is 1. The Morgan fingerprint density at radius 3 is 2.61 bits per heavy atom. The molecule has 4 rings (SSSR count). The van der Waals surface area contributed by atoms with Crippen molar-refractivity contribution in [2.24, 2.45) is 0 Å². The number of rotatable bonds is 8. The third-order valence-electron chi connectivity index (χ3n) is 4.72. The van der Waals surface area contributed by atoms with Crippen molar-refractivity contribution in [3.8, 4) is 11.6 Å². The van der Waals surface area contributed by atoms with Crippen LogP contribution < -0.4 is 5.32 Å². The Bertz CT molecular complexity index is 1150. The summed E-state index contributed by atoms with van der Waals surface area (Å²) in [5.41, 5.74) is 1.99. The van der Waals surface area contributed by atoms with E-state index in [0.717, 1.165) is 11.1 Å². The Labute approximate surface area is 189 Å². The minimum Gasteiger partial charge on any atom is -0.461 e. The molecule has 0 spiro atoms. The van der Waals surface area contributed by atoms with Gasteiger partial charge < -0.3 is 9.73 Å². The Morgan fingerprint density at radius 2 is 1.87 bits per heavy atom. The number of aromatic nitrogens is 3. The van der Waals surface area contributed by atoms with Crippen LogP contribution >= 0.6 is 23.4 Å². The van der Waals surface area contributed by atoms with Gasteiger partial charge in [-0.25, -0.2) is 0 Å². The molecule has 0 aliphatic rings. The van der Waals surface area contributed by atoms with Crippen molar-refractivity contribution in [2.45, 2.75) is 24.7 Å². The van der Waals surface area contributed by atoms with Gasteiger partial charge in [0, 0.05) is 5.02 Å². The van der Waals surface area contributed by atoms with E-state index in [-0.39, 0.29) is 17.7 Å². The zero-order chi connectivity index (χ0) is 21.6. The summed E-state index contributed by atoms with van der Waals surface area (Å²) >= 11 is 7.57. The topological polar surface area (TPSA) is 73.0 Å². The SMILES string of the molecule is CC(NC(=O)CSc1nnc(-c2ccco2)n1Cc1ccccc1)c1ccccc1Cl. The highest BCUT2D eigenvalue weighted by atomic mass is 35.5. The number of furan rings is 1. The van der Waals surface area contributed by atoms with Gasteiger partial charge in [0.15, 0.2) is 10.9 Å². The zero-order valence-electron chi connectivity index (χ0n) is 16.9. The van der Waals surface area contributed by atoms with Crippen molar-refractivity contribution < 1.29 is 9.21 Å². The standard InChI is InChI=1S/C23H21ClN4O2S/c1-16(18-10-5-6-11-19(18)24)25-21(29)15-31-23-27-26-22(20-12-7-13-30-20)28(23)14-17-8-3-2-4-9-17/h2-13,16H,14-15H2,1H3,(H,25,29). The summed E-state index contributed by atoms with van der Waals surface area (Å²) in [5, 5.41) is 12.9. The highest BCUT2D eigenvalue weighted by Crippen LogP contribution is 2.26. The van der Waals surface area contributed by atoms with Crippen molar-refractivity contribution >= 4 is 29.3 Å². The molecular weight excluding hydrogens is 432 g/mol. The lowest BCUT2D eigenvalue weighted by Gasteiger charge is -2.15. The summed E-state index contributed by atoms with van der Waals surface area (Å²) in [6.07, 6.45) is 1.60. The summed E-state index contributed by atoms with van der Waals surface area (Å²) in [5.74, 6) is 1.36. The van der Waals surface area contributed by atoms with Gasteiger partial charge in [-0.05, 0) is 36.2 Å². The molecule has 0 aliphatic carbocycles. The zero-order valence-corrected chi connectivity index (χ0v) is 18.4. The van der Waals surface area contributed by atoms with Crippen molar-refractivity contribution in [2.75, 3.05) is 5.75 Å². The summed E-state index contributed by atoms with van der Waals surface area (Å²) in [6, 6.07) is 21.0. The first-order chi connectivity index (χ1) is 15.1. The van der Waals surface area contributed by atoms with Crippen LogP contribution in [-0.4, -0.2) is 26.4 Å². The Hall–Kier alpha value is -3.03. The molecule has 6 nitrogen and oxygen atoms in total. The second-order valence-electron chi connectivity index (χ2n) is 6.95. The van der Waals surface area contributed by atoms with Crippen molar-refractivity contribution in [1.82, 2.24) is 20.1 Å². The fraction of sp³-hybridized carbons (Fsp3) is 0.174. The molecule has 2 heterocycles. The molecule has 0 radical (unpaired) electrons. The molecule has 0 fully saturated rings. The van der Waals surface area contributed by atoms with E-state index in [4.69, 9.17) is 16.0 Å². The molecule has 1 N–H and O–H groups in total. The number of hydrogen-bond acceptors (Lipinski definition) is 5. The maximum atomic E-state index is 12.6. The van der Waals surface area contributed by atoms with E-state index in [1.807, 2.05) is 78.2 Å². The van der Waals surface area contributed by atoms with Crippen molar-refractivity contribution in [3.63, 3.8) is 0 Å². The lowest BCUT2D eigenvalue weighted by atomic mass is 10.1. The van der Waals surface area contributed by atoms with Gasteiger partial charge in [-0.3, -0.25) is 9.36 Å². The van der Waals surface area contributed by atoms with Crippen LogP contribution in [-0.2, 0) is 11.3 Å². The van der Waals surface area contributed by atoms with E-state index < -0.39 is 0 Å². The number of nitrogens with one attached hydrogen (secondary N) is 1. The van der Waals surface area contributed by atoms with Gasteiger partial charge in [0.2, 0.25) is 11.7 Å². The highest BCUT2D eigenvalue weighted by Gasteiger charge is 2.19. The number of halogens is 1. The van der Waals surface area contributed by atoms with Crippen LogP contribution in [0.3, 0.4) is 0 Å². The third-order valence-corrected chi connectivity index (χ3v) is 6.03. The molecular formula is C23H21ClN4O2S. The fourth-order valence-electron chi connectivity index (χ4n) is 3.21. The van der Waals surface area contributed by atoms with Crippen LogP contribution in [0.15, 0.2) is 82.6 Å². The normalized spacial score (nSPS) is 11.9. The Morgan fingerprint density at radius 1 is 1.10 bits per heavy atom. The highest BCUT2D eigenvalue weighted by molar-refractivity contribution is 7.99. The fourth-order valence-corrected chi connectivity index (χ4v) is 4.26. The van der Waals surface area contributed by atoms with E-state index in [9.17, 15) is 4.79 Å². The van der Waals surface area contributed by atoms with E-state index in [0.29, 0.717) is 28.3 Å².